The number of likely N-dealkylation sites (tertiary alicyclic amines) is 1. The average Bonchev–Trinajstić information content (AvgIpc) is 3.43. The number of aromatic amines is 1. The van der Waals surface area contributed by atoms with E-state index in [1.807, 2.05) is 18.2 Å². The third-order valence-electron chi connectivity index (χ3n) is 6.38. The number of anilines is 1. The minimum Gasteiger partial charge on any atom is -0.370 e. The maximum atomic E-state index is 12.7. The van der Waals surface area contributed by atoms with Crippen molar-refractivity contribution in [1.29, 1.82) is 0 Å². The SMILES string of the molecule is C[C@H]1CCCN1Cc1nc2ccc(NC(=O)c3ccc(C(=O)NCCCCC(N)=O)cc3)cc2[nH]1. The number of hydrogen-bond acceptors (Lipinski definition) is 5. The monoisotopic (exact) mass is 476 g/mol. The number of fused-ring (bicyclic) bond motifs is 1. The van der Waals surface area contributed by atoms with Gasteiger partial charge in [-0.25, -0.2) is 4.98 Å². The molecule has 0 bridgehead atoms. The molecule has 1 atom stereocenters. The van der Waals surface area contributed by atoms with Crippen molar-refractivity contribution in [2.75, 3.05) is 18.4 Å². The first kappa shape index (κ1) is 24.4. The van der Waals surface area contributed by atoms with Crippen LogP contribution in [0.5, 0.6) is 0 Å². The van der Waals surface area contributed by atoms with Crippen LogP contribution in [0.1, 0.15) is 65.6 Å². The molecule has 1 aliphatic rings. The van der Waals surface area contributed by atoms with Crippen LogP contribution in [0.15, 0.2) is 42.5 Å². The van der Waals surface area contributed by atoms with Crippen LogP contribution in [-0.4, -0.2) is 51.7 Å². The fraction of sp³-hybridized carbons (Fsp3) is 0.385. The van der Waals surface area contributed by atoms with E-state index in [9.17, 15) is 14.4 Å². The van der Waals surface area contributed by atoms with Gasteiger partial charge in [0.15, 0.2) is 0 Å². The Labute approximate surface area is 204 Å². The molecule has 1 saturated heterocycles. The van der Waals surface area contributed by atoms with E-state index in [4.69, 9.17) is 5.73 Å². The van der Waals surface area contributed by atoms with E-state index in [1.54, 1.807) is 24.3 Å². The van der Waals surface area contributed by atoms with Crippen molar-refractivity contribution in [2.24, 2.45) is 5.73 Å². The summed E-state index contributed by atoms with van der Waals surface area (Å²) in [7, 11) is 0. The number of benzene rings is 2. The molecule has 0 saturated carbocycles. The molecule has 1 fully saturated rings. The van der Waals surface area contributed by atoms with Crippen LogP contribution in [-0.2, 0) is 11.3 Å². The van der Waals surface area contributed by atoms with Crippen LogP contribution in [0.4, 0.5) is 5.69 Å². The largest absolute Gasteiger partial charge is 0.370 e. The summed E-state index contributed by atoms with van der Waals surface area (Å²) in [4.78, 5) is 46.2. The van der Waals surface area contributed by atoms with E-state index in [1.165, 1.54) is 12.8 Å². The van der Waals surface area contributed by atoms with Gasteiger partial charge in [-0.2, -0.15) is 0 Å². The first-order chi connectivity index (χ1) is 16.9. The van der Waals surface area contributed by atoms with Crippen LogP contribution in [0, 0.1) is 0 Å². The number of H-pyrrole nitrogens is 1. The highest BCUT2D eigenvalue weighted by Gasteiger charge is 2.21. The van der Waals surface area contributed by atoms with Gasteiger partial charge in [-0.15, -0.1) is 0 Å². The predicted octanol–water partition coefficient (Wildman–Crippen LogP) is 3.18. The van der Waals surface area contributed by atoms with Gasteiger partial charge in [-0.3, -0.25) is 19.3 Å². The number of imidazole rings is 1. The summed E-state index contributed by atoms with van der Waals surface area (Å²) in [5, 5.41) is 5.71. The second kappa shape index (κ2) is 11.1. The number of nitrogens with zero attached hydrogens (tertiary/aromatic N) is 2. The van der Waals surface area contributed by atoms with Crippen molar-refractivity contribution in [1.82, 2.24) is 20.2 Å². The van der Waals surface area contributed by atoms with Gasteiger partial charge in [0.1, 0.15) is 5.82 Å². The van der Waals surface area contributed by atoms with Gasteiger partial charge in [-0.1, -0.05) is 0 Å². The van der Waals surface area contributed by atoms with Gasteiger partial charge in [0.2, 0.25) is 5.91 Å². The number of carbonyl (C=O) groups is 3. The Morgan fingerprint density at radius 1 is 1.09 bits per heavy atom. The molecule has 0 radical (unpaired) electrons. The number of aromatic nitrogens is 2. The third kappa shape index (κ3) is 6.45. The van der Waals surface area contributed by atoms with Crippen molar-refractivity contribution in [3.63, 3.8) is 0 Å². The molecular weight excluding hydrogens is 444 g/mol. The smallest absolute Gasteiger partial charge is 0.255 e. The quantitative estimate of drug-likeness (QED) is 0.334. The predicted molar refractivity (Wildman–Crippen MR) is 135 cm³/mol. The molecule has 2 heterocycles. The maximum absolute atomic E-state index is 12.7. The Morgan fingerprint density at radius 2 is 1.83 bits per heavy atom. The van der Waals surface area contributed by atoms with Crippen LogP contribution < -0.4 is 16.4 Å². The summed E-state index contributed by atoms with van der Waals surface area (Å²) >= 11 is 0. The molecule has 0 unspecified atom stereocenters. The van der Waals surface area contributed by atoms with E-state index >= 15 is 0 Å². The van der Waals surface area contributed by atoms with Gasteiger partial charge >= 0.3 is 0 Å². The van der Waals surface area contributed by atoms with Gasteiger partial charge in [0.25, 0.3) is 11.8 Å². The Hall–Kier alpha value is -3.72. The fourth-order valence-corrected chi connectivity index (χ4v) is 4.34. The molecule has 9 heteroatoms. The molecule has 5 N–H and O–H groups in total. The Bertz CT molecular complexity index is 1200. The highest BCUT2D eigenvalue weighted by Crippen LogP contribution is 2.22. The number of rotatable bonds is 10. The fourth-order valence-electron chi connectivity index (χ4n) is 4.34. The summed E-state index contributed by atoms with van der Waals surface area (Å²) in [6, 6.07) is 12.7. The Kier molecular flexibility index (Phi) is 7.77. The first-order valence-electron chi connectivity index (χ1n) is 12.1. The van der Waals surface area contributed by atoms with Crippen LogP contribution in [0.25, 0.3) is 11.0 Å². The minimum absolute atomic E-state index is 0.222. The minimum atomic E-state index is -0.341. The summed E-state index contributed by atoms with van der Waals surface area (Å²) in [6.07, 6.45) is 4.07. The number of amides is 3. The molecule has 1 aromatic heterocycles. The van der Waals surface area contributed by atoms with Crippen molar-refractivity contribution in [3.8, 4) is 0 Å². The van der Waals surface area contributed by atoms with Crippen molar-refractivity contribution < 1.29 is 14.4 Å². The van der Waals surface area contributed by atoms with Gasteiger partial charge in [0.05, 0.1) is 17.6 Å². The average molecular weight is 477 g/mol. The maximum Gasteiger partial charge on any atom is 0.255 e. The lowest BCUT2D eigenvalue weighted by Gasteiger charge is -2.19. The number of unbranched alkanes of at least 4 members (excludes halogenated alkanes) is 1. The zero-order valence-corrected chi connectivity index (χ0v) is 20.0. The molecule has 3 aromatic rings. The normalized spacial score (nSPS) is 15.9. The Balaban J connectivity index is 1.31. The highest BCUT2D eigenvalue weighted by atomic mass is 16.2. The van der Waals surface area contributed by atoms with Crippen molar-refractivity contribution in [2.45, 2.75) is 51.6 Å². The topological polar surface area (TPSA) is 133 Å². The summed E-state index contributed by atoms with van der Waals surface area (Å²) < 4.78 is 0. The molecule has 0 spiro atoms. The van der Waals surface area contributed by atoms with Gasteiger partial charge < -0.3 is 21.4 Å². The molecule has 184 valence electrons. The van der Waals surface area contributed by atoms with Crippen LogP contribution in [0.3, 0.4) is 0 Å². The van der Waals surface area contributed by atoms with E-state index in [2.05, 4.69) is 32.4 Å². The highest BCUT2D eigenvalue weighted by molar-refractivity contribution is 6.05. The molecular formula is C26H32N6O3. The van der Waals surface area contributed by atoms with Crippen LogP contribution in [0.2, 0.25) is 0 Å². The number of nitrogens with two attached hydrogens (primary N) is 1. The molecule has 4 rings (SSSR count). The lowest BCUT2D eigenvalue weighted by Crippen LogP contribution is -2.26. The van der Waals surface area contributed by atoms with Gasteiger partial charge in [0, 0.05) is 35.8 Å². The molecule has 35 heavy (non-hydrogen) atoms. The summed E-state index contributed by atoms with van der Waals surface area (Å²) in [5.41, 5.74) is 8.45. The molecule has 0 aliphatic carbocycles. The second-order valence-electron chi connectivity index (χ2n) is 9.09. The summed E-state index contributed by atoms with van der Waals surface area (Å²) in [5.74, 6) is 0.110. The second-order valence-corrected chi connectivity index (χ2v) is 9.09. The van der Waals surface area contributed by atoms with Crippen LogP contribution >= 0.6 is 0 Å². The lowest BCUT2D eigenvalue weighted by atomic mass is 10.1. The summed E-state index contributed by atoms with van der Waals surface area (Å²) in [6.45, 7) is 4.60. The van der Waals surface area contributed by atoms with Crippen molar-refractivity contribution in [3.05, 3.63) is 59.4 Å². The third-order valence-corrected chi connectivity index (χ3v) is 6.38. The van der Waals surface area contributed by atoms with E-state index in [0.29, 0.717) is 48.7 Å². The number of hydrogen-bond donors (Lipinski definition) is 4. The molecule has 3 amide bonds. The first-order valence-corrected chi connectivity index (χ1v) is 12.1. The number of nitrogens with one attached hydrogen (secondary N) is 3. The lowest BCUT2D eigenvalue weighted by molar-refractivity contribution is -0.118. The molecule has 1 aliphatic heterocycles. The Morgan fingerprint density at radius 3 is 2.51 bits per heavy atom. The van der Waals surface area contributed by atoms with E-state index < -0.39 is 0 Å². The molecule has 2 aromatic carbocycles. The van der Waals surface area contributed by atoms with Crippen molar-refractivity contribution >= 4 is 34.4 Å². The molecule has 9 nitrogen and oxygen atoms in total. The zero-order chi connectivity index (χ0) is 24.8. The number of carbonyl (C=O) groups excluding carboxylic acids is 3. The zero-order valence-electron chi connectivity index (χ0n) is 20.0. The standard InChI is InChI=1S/C26H32N6O3/c1-17-5-4-14-32(17)16-24-30-21-12-11-20(15-22(21)31-24)29-26(35)19-9-7-18(8-10-19)25(34)28-13-3-2-6-23(27)33/h7-12,15,17H,2-6,13-14,16H2,1H3,(H2,27,33)(H,28,34)(H,29,35)(H,30,31)/t17-/m0/s1. The number of primary amides is 1. The van der Waals surface area contributed by atoms with Gasteiger partial charge in [-0.05, 0) is 81.6 Å². The van der Waals surface area contributed by atoms with E-state index in [0.717, 1.165) is 29.9 Å². The van der Waals surface area contributed by atoms with E-state index in [-0.39, 0.29) is 17.7 Å².